The Labute approximate surface area is 339 Å². The molecule has 7 rings (SSSR count). The Morgan fingerprint density at radius 1 is 0.537 bits per heavy atom. The first-order valence-electron chi connectivity index (χ1n) is 19.7. The van der Waals surface area contributed by atoms with E-state index in [4.69, 9.17) is 0 Å². The van der Waals surface area contributed by atoms with E-state index in [0.717, 1.165) is 12.8 Å². The number of allylic oxidation sites excluding steroid dienone is 2. The van der Waals surface area contributed by atoms with Gasteiger partial charge in [0.05, 0.1) is 0 Å². The van der Waals surface area contributed by atoms with E-state index in [2.05, 4.69) is 186 Å². The maximum atomic E-state index is 2.57. The van der Waals surface area contributed by atoms with E-state index in [-0.39, 0.29) is 11.4 Å². The molecule has 0 N–H and O–H groups in total. The molecular formula is C49H56B2S3. The molecule has 5 heteroatoms. The Kier molecular flexibility index (Phi) is 10.9. The first kappa shape index (κ1) is 39.1. The van der Waals surface area contributed by atoms with Crippen LogP contribution in [0.4, 0.5) is 0 Å². The van der Waals surface area contributed by atoms with Crippen LogP contribution in [0.1, 0.15) is 102 Å². The summed E-state index contributed by atoms with van der Waals surface area (Å²) in [6.45, 7) is 30.6. The number of thioether (sulfide) groups is 2. The molecule has 3 heterocycles. The van der Waals surface area contributed by atoms with Crippen molar-refractivity contribution in [1.82, 2.24) is 0 Å². The van der Waals surface area contributed by atoms with Gasteiger partial charge in [-0.1, -0.05) is 156 Å². The van der Waals surface area contributed by atoms with Gasteiger partial charge in [-0.25, -0.2) is 0 Å². The Hall–Kier alpha value is -3.11. The highest BCUT2D eigenvalue weighted by Crippen LogP contribution is 2.53. The van der Waals surface area contributed by atoms with Crippen molar-refractivity contribution >= 4 is 75.0 Å². The fourth-order valence-corrected chi connectivity index (χ4v) is 14.3. The van der Waals surface area contributed by atoms with E-state index >= 15 is 0 Å². The number of benzene rings is 4. The van der Waals surface area contributed by atoms with E-state index < -0.39 is 0 Å². The van der Waals surface area contributed by atoms with Gasteiger partial charge in [0.1, 0.15) is 0 Å². The molecule has 0 amide bonds. The topological polar surface area (TPSA) is 0 Å². The summed E-state index contributed by atoms with van der Waals surface area (Å²) in [6, 6.07) is 24.0. The van der Waals surface area contributed by atoms with Gasteiger partial charge in [0, 0.05) is 24.6 Å². The largest absolute Gasteiger partial charge is 0.249 e. The third-order valence-corrected chi connectivity index (χ3v) is 16.4. The van der Waals surface area contributed by atoms with Crippen LogP contribution >= 0.6 is 34.9 Å². The first-order chi connectivity index (χ1) is 25.5. The minimum Gasteiger partial charge on any atom is -0.139 e. The molecule has 5 aromatic rings. The zero-order valence-electron chi connectivity index (χ0n) is 34.8. The SMILES string of the molecule is Cc1cc(C)c(B(C2=CCC(c3ccc(C4=CCC(C)(B(c5c(C)cc(C)cc5C)c5c(C)cc(C)cc5C)S4)s3)S2)c2c(C)cc(C)cc2C)c(C)c1. The summed E-state index contributed by atoms with van der Waals surface area (Å²) in [5, 5.41) is 0.445. The number of rotatable bonds is 8. The lowest BCUT2D eigenvalue weighted by atomic mass is 9.30. The van der Waals surface area contributed by atoms with Gasteiger partial charge in [-0.2, -0.15) is 0 Å². The quantitative estimate of drug-likeness (QED) is 0.144. The molecule has 0 saturated heterocycles. The van der Waals surface area contributed by atoms with Crippen molar-refractivity contribution in [2.75, 3.05) is 0 Å². The fraction of sp³-hybridized carbons (Fsp3) is 0.347. The Morgan fingerprint density at radius 2 is 0.944 bits per heavy atom. The normalized spacial score (nSPS) is 18.3. The standard InChI is InChI=1S/C49H56B2S3/c1-28-20-32(5)45(33(6)21-28)50(46-34(7)22-29(2)23-35(46)8)44-17-16-41(53-44)40-14-15-42(52-40)43-18-19-49(13,54-43)51(47-36(9)24-30(3)25-37(47)10)48-38(11)26-31(4)27-39(48)12/h14-15,17-18,20-27,41H,16,19H2,1-13H3. The predicted molar refractivity (Wildman–Crippen MR) is 249 cm³/mol. The van der Waals surface area contributed by atoms with E-state index in [1.54, 1.807) is 0 Å². The van der Waals surface area contributed by atoms with Crippen molar-refractivity contribution in [2.24, 2.45) is 0 Å². The molecular weight excluding hydrogens is 706 g/mol. The molecule has 0 bridgehead atoms. The molecule has 0 saturated carbocycles. The molecule has 2 aliphatic rings. The second kappa shape index (κ2) is 15.1. The monoisotopic (exact) mass is 762 g/mol. The predicted octanol–water partition coefficient (Wildman–Crippen LogP) is 11.4. The van der Waals surface area contributed by atoms with Crippen molar-refractivity contribution < 1.29 is 0 Å². The van der Waals surface area contributed by atoms with E-state index in [1.807, 2.05) is 11.3 Å². The number of hydrogen-bond donors (Lipinski definition) is 0. The highest BCUT2D eigenvalue weighted by Gasteiger charge is 2.46. The number of thiophene rings is 1. The van der Waals surface area contributed by atoms with Crippen LogP contribution < -0.4 is 21.9 Å². The molecule has 0 aliphatic carbocycles. The smallest absolute Gasteiger partial charge is 0.139 e. The zero-order valence-corrected chi connectivity index (χ0v) is 37.2. The third kappa shape index (κ3) is 7.31. The van der Waals surface area contributed by atoms with Crippen LogP contribution in [-0.4, -0.2) is 18.1 Å². The highest BCUT2D eigenvalue weighted by molar-refractivity contribution is 8.11. The lowest BCUT2D eigenvalue weighted by Gasteiger charge is -2.36. The first-order valence-corrected chi connectivity index (χ1v) is 22.2. The van der Waals surface area contributed by atoms with Crippen molar-refractivity contribution in [3.63, 3.8) is 0 Å². The van der Waals surface area contributed by atoms with Crippen molar-refractivity contribution in [1.29, 1.82) is 0 Å². The molecule has 54 heavy (non-hydrogen) atoms. The van der Waals surface area contributed by atoms with Crippen molar-refractivity contribution in [3.8, 4) is 0 Å². The summed E-state index contributed by atoms with van der Waals surface area (Å²) in [4.78, 5) is 5.89. The van der Waals surface area contributed by atoms with Gasteiger partial charge in [-0.3, -0.25) is 0 Å². The van der Waals surface area contributed by atoms with Crippen LogP contribution in [-0.2, 0) is 0 Å². The molecule has 2 unspecified atom stereocenters. The molecule has 0 nitrogen and oxygen atoms in total. The van der Waals surface area contributed by atoms with E-state index in [0.29, 0.717) is 12.0 Å². The van der Waals surface area contributed by atoms with E-state index in [9.17, 15) is 0 Å². The van der Waals surface area contributed by atoms with Crippen LogP contribution in [0.2, 0.25) is 0 Å². The Bertz CT molecular complexity index is 2150. The summed E-state index contributed by atoms with van der Waals surface area (Å²) in [7, 11) is 0. The second-order valence-electron chi connectivity index (χ2n) is 17.0. The summed E-state index contributed by atoms with van der Waals surface area (Å²) >= 11 is 6.26. The van der Waals surface area contributed by atoms with Gasteiger partial charge < -0.3 is 0 Å². The molecule has 0 fully saturated rings. The number of aryl methyl sites for hydroxylation is 12. The van der Waals surface area contributed by atoms with Gasteiger partial charge >= 0.3 is 0 Å². The van der Waals surface area contributed by atoms with Gasteiger partial charge in [-0.05, 0) is 113 Å². The van der Waals surface area contributed by atoms with Crippen LogP contribution in [0.25, 0.3) is 4.91 Å². The maximum absolute atomic E-state index is 2.57. The summed E-state index contributed by atoms with van der Waals surface area (Å²) in [5.74, 6) is 0. The zero-order chi connectivity index (χ0) is 38.8. The Balaban J connectivity index is 1.19. The number of hydrogen-bond acceptors (Lipinski definition) is 3. The van der Waals surface area contributed by atoms with Crippen LogP contribution in [0.3, 0.4) is 0 Å². The highest BCUT2D eigenvalue weighted by atomic mass is 32.2. The fourth-order valence-electron chi connectivity index (χ4n) is 10.2. The van der Waals surface area contributed by atoms with Gasteiger partial charge in [0.15, 0.2) is 0 Å². The van der Waals surface area contributed by atoms with Crippen LogP contribution in [0, 0.1) is 83.1 Å². The minimum atomic E-state index is 0.00656. The van der Waals surface area contributed by atoms with Crippen LogP contribution in [0.5, 0.6) is 0 Å². The molecule has 276 valence electrons. The minimum absolute atomic E-state index is 0.00656. The lowest BCUT2D eigenvalue weighted by Crippen LogP contribution is -2.59. The van der Waals surface area contributed by atoms with Crippen LogP contribution in [0.15, 0.2) is 77.6 Å². The maximum Gasteiger partial charge on any atom is 0.249 e. The molecule has 4 aromatic carbocycles. The molecule has 0 radical (unpaired) electrons. The average Bonchev–Trinajstić information content (AvgIpc) is 3.82. The molecule has 0 spiro atoms. The van der Waals surface area contributed by atoms with Gasteiger partial charge in [-0.15, -0.1) is 34.9 Å². The van der Waals surface area contributed by atoms with Gasteiger partial charge in [0.25, 0.3) is 0 Å². The molecule has 2 atom stereocenters. The van der Waals surface area contributed by atoms with E-state index in [1.165, 1.54) is 108 Å². The van der Waals surface area contributed by atoms with Crippen molar-refractivity contribution in [3.05, 3.63) is 154 Å². The second-order valence-corrected chi connectivity index (χ2v) is 20.9. The average molecular weight is 763 g/mol. The molecule has 1 aromatic heterocycles. The molecule has 2 aliphatic heterocycles. The summed E-state index contributed by atoms with van der Waals surface area (Å²) in [5.41, 5.74) is 22.7. The lowest BCUT2D eigenvalue weighted by molar-refractivity contribution is 0.895. The third-order valence-electron chi connectivity index (χ3n) is 12.0. The summed E-state index contributed by atoms with van der Waals surface area (Å²) in [6.07, 6.45) is 7.26. The van der Waals surface area contributed by atoms with Crippen molar-refractivity contribution in [2.45, 2.75) is 113 Å². The van der Waals surface area contributed by atoms with Gasteiger partial charge in [0.2, 0.25) is 13.4 Å². The summed E-state index contributed by atoms with van der Waals surface area (Å²) < 4.78 is 0.00656. The Morgan fingerprint density at radius 3 is 1.37 bits per heavy atom.